The molecule has 0 saturated heterocycles. The molecule has 0 spiro atoms. The third kappa shape index (κ3) is 2.25. The number of carbonyl (C=O) groups excluding carboxylic acids is 1. The van der Waals surface area contributed by atoms with E-state index in [2.05, 4.69) is 4.98 Å². The Morgan fingerprint density at radius 1 is 1.50 bits per heavy atom. The second-order valence-corrected chi connectivity index (χ2v) is 3.71. The Morgan fingerprint density at radius 2 is 2.28 bits per heavy atom. The molecule has 0 N–H and O–H groups in total. The van der Waals surface area contributed by atoms with Gasteiger partial charge in [-0.15, -0.1) is 0 Å². The maximum atomic E-state index is 13.2. The van der Waals surface area contributed by atoms with Crippen molar-refractivity contribution in [3.05, 3.63) is 41.7 Å². The molecule has 0 atom stereocenters. The zero-order valence-corrected chi connectivity index (χ0v) is 10.1. The number of hydrogen-bond donors (Lipinski definition) is 0. The van der Waals surface area contributed by atoms with Gasteiger partial charge in [-0.05, 0) is 37.6 Å². The number of hydrogen-bond acceptors (Lipinski definition) is 4. The Morgan fingerprint density at radius 3 is 2.94 bits per heavy atom. The highest BCUT2D eigenvalue weighted by molar-refractivity contribution is 5.93. The maximum Gasteiger partial charge on any atom is 0.360 e. The van der Waals surface area contributed by atoms with E-state index in [0.29, 0.717) is 11.1 Å². The van der Waals surface area contributed by atoms with Gasteiger partial charge in [0.25, 0.3) is 0 Å². The molecule has 0 aliphatic carbocycles. The highest BCUT2D eigenvalue weighted by atomic mass is 19.1. The molecule has 0 fully saturated rings. The number of aryl methyl sites for hydroxylation is 1. The summed E-state index contributed by atoms with van der Waals surface area (Å²) in [6.07, 6.45) is 1.17. The van der Waals surface area contributed by atoms with Crippen LogP contribution in [-0.4, -0.2) is 17.6 Å². The van der Waals surface area contributed by atoms with Crippen LogP contribution in [0.4, 0.5) is 4.39 Å². The zero-order chi connectivity index (χ0) is 13.1. The molecule has 2 rings (SSSR count). The summed E-state index contributed by atoms with van der Waals surface area (Å²) in [7, 11) is 0. The summed E-state index contributed by atoms with van der Waals surface area (Å²) in [6.45, 7) is 3.60. The van der Waals surface area contributed by atoms with E-state index in [-0.39, 0.29) is 23.9 Å². The van der Waals surface area contributed by atoms with Crippen molar-refractivity contribution >= 4 is 5.97 Å². The maximum absolute atomic E-state index is 13.2. The van der Waals surface area contributed by atoms with Crippen LogP contribution in [0.3, 0.4) is 0 Å². The predicted octanol–water partition coefficient (Wildman–Crippen LogP) is 2.97. The second kappa shape index (κ2) is 5.00. The number of halogens is 1. The van der Waals surface area contributed by atoms with Gasteiger partial charge in [0.15, 0.2) is 17.8 Å². The molecule has 5 heteroatoms. The third-order valence-electron chi connectivity index (χ3n) is 2.46. The number of rotatable bonds is 3. The first-order chi connectivity index (χ1) is 8.63. The fourth-order valence-corrected chi connectivity index (χ4v) is 1.58. The van der Waals surface area contributed by atoms with Crippen LogP contribution in [-0.2, 0) is 4.74 Å². The van der Waals surface area contributed by atoms with E-state index in [1.807, 2.05) is 0 Å². The number of esters is 1. The monoisotopic (exact) mass is 249 g/mol. The summed E-state index contributed by atoms with van der Waals surface area (Å²) >= 11 is 0. The molecular weight excluding hydrogens is 237 g/mol. The first kappa shape index (κ1) is 12.3. The molecule has 0 bridgehead atoms. The molecular formula is C13H12FNO3. The molecule has 1 heterocycles. The summed E-state index contributed by atoms with van der Waals surface area (Å²) in [4.78, 5) is 15.5. The number of aromatic nitrogens is 1. The number of benzene rings is 1. The molecule has 0 aliphatic heterocycles. The largest absolute Gasteiger partial charge is 0.461 e. The van der Waals surface area contributed by atoms with E-state index in [4.69, 9.17) is 9.15 Å². The Hall–Kier alpha value is -2.17. The summed E-state index contributed by atoms with van der Waals surface area (Å²) in [5, 5.41) is 0. The second-order valence-electron chi connectivity index (χ2n) is 3.71. The van der Waals surface area contributed by atoms with Gasteiger partial charge in [-0.2, -0.15) is 0 Å². The summed E-state index contributed by atoms with van der Waals surface area (Å²) in [6, 6.07) is 4.45. The van der Waals surface area contributed by atoms with Gasteiger partial charge < -0.3 is 9.15 Å². The Bertz CT molecular complexity index is 577. The topological polar surface area (TPSA) is 52.3 Å². The van der Waals surface area contributed by atoms with Crippen molar-refractivity contribution in [2.24, 2.45) is 0 Å². The minimum absolute atomic E-state index is 0.0999. The predicted molar refractivity (Wildman–Crippen MR) is 62.6 cm³/mol. The Balaban J connectivity index is 2.42. The van der Waals surface area contributed by atoms with Gasteiger partial charge in [0.2, 0.25) is 0 Å². The van der Waals surface area contributed by atoms with Crippen LogP contribution in [0.15, 0.2) is 29.0 Å². The van der Waals surface area contributed by atoms with Gasteiger partial charge in [-0.25, -0.2) is 14.2 Å². The van der Waals surface area contributed by atoms with Gasteiger partial charge in [0, 0.05) is 5.56 Å². The SMILES string of the molecule is CCOC(=O)c1ncoc1-c1ccc(F)c(C)c1. The van der Waals surface area contributed by atoms with Crippen molar-refractivity contribution in [3.8, 4) is 11.3 Å². The van der Waals surface area contributed by atoms with E-state index in [1.165, 1.54) is 18.5 Å². The highest BCUT2D eigenvalue weighted by Gasteiger charge is 2.19. The Labute approximate surface area is 103 Å². The molecule has 0 amide bonds. The quantitative estimate of drug-likeness (QED) is 0.785. The molecule has 0 radical (unpaired) electrons. The molecule has 94 valence electrons. The number of oxazole rings is 1. The van der Waals surface area contributed by atoms with Crippen LogP contribution in [0.1, 0.15) is 23.0 Å². The minimum Gasteiger partial charge on any atom is -0.461 e. The van der Waals surface area contributed by atoms with E-state index >= 15 is 0 Å². The van der Waals surface area contributed by atoms with Gasteiger partial charge in [0.1, 0.15) is 5.82 Å². The molecule has 1 aromatic carbocycles. The van der Waals surface area contributed by atoms with Gasteiger partial charge in [-0.3, -0.25) is 0 Å². The lowest BCUT2D eigenvalue weighted by Crippen LogP contribution is -2.06. The molecule has 2 aromatic rings. The van der Waals surface area contributed by atoms with Crippen LogP contribution in [0.2, 0.25) is 0 Å². The molecule has 0 unspecified atom stereocenters. The van der Waals surface area contributed by atoms with E-state index in [1.54, 1.807) is 19.9 Å². The molecule has 0 aliphatic rings. The van der Waals surface area contributed by atoms with Crippen molar-refractivity contribution in [2.75, 3.05) is 6.61 Å². The number of carbonyl (C=O) groups is 1. The summed E-state index contributed by atoms with van der Waals surface area (Å²) < 4.78 is 23.2. The van der Waals surface area contributed by atoms with Crippen molar-refractivity contribution < 1.29 is 18.3 Å². The normalized spacial score (nSPS) is 10.4. The number of ether oxygens (including phenoxy) is 1. The van der Waals surface area contributed by atoms with Gasteiger partial charge >= 0.3 is 5.97 Å². The Kier molecular flexibility index (Phi) is 3.41. The average Bonchev–Trinajstić information content (AvgIpc) is 2.82. The first-order valence-corrected chi connectivity index (χ1v) is 5.50. The molecule has 18 heavy (non-hydrogen) atoms. The van der Waals surface area contributed by atoms with E-state index in [9.17, 15) is 9.18 Å². The molecule has 0 saturated carbocycles. The van der Waals surface area contributed by atoms with Crippen LogP contribution in [0, 0.1) is 12.7 Å². The van der Waals surface area contributed by atoms with Gasteiger partial charge in [-0.1, -0.05) is 0 Å². The lowest BCUT2D eigenvalue weighted by Gasteiger charge is -2.03. The smallest absolute Gasteiger partial charge is 0.360 e. The summed E-state index contributed by atoms with van der Waals surface area (Å²) in [5.41, 5.74) is 1.16. The van der Waals surface area contributed by atoms with Gasteiger partial charge in [0.05, 0.1) is 6.61 Å². The van der Waals surface area contributed by atoms with Crippen molar-refractivity contribution in [2.45, 2.75) is 13.8 Å². The average molecular weight is 249 g/mol. The van der Waals surface area contributed by atoms with Crippen LogP contribution >= 0.6 is 0 Å². The molecule has 4 nitrogen and oxygen atoms in total. The fraction of sp³-hybridized carbons (Fsp3) is 0.231. The van der Waals surface area contributed by atoms with Crippen LogP contribution in [0.25, 0.3) is 11.3 Å². The highest BCUT2D eigenvalue weighted by Crippen LogP contribution is 2.25. The number of nitrogens with zero attached hydrogens (tertiary/aromatic N) is 1. The standard InChI is InChI=1S/C13H12FNO3/c1-3-17-13(16)11-12(18-7-15-11)9-4-5-10(14)8(2)6-9/h4-7H,3H2,1-2H3. The molecule has 1 aromatic heterocycles. The van der Waals surface area contributed by atoms with E-state index < -0.39 is 5.97 Å². The lowest BCUT2D eigenvalue weighted by atomic mass is 10.1. The first-order valence-electron chi connectivity index (χ1n) is 5.50. The van der Waals surface area contributed by atoms with Crippen molar-refractivity contribution in [3.63, 3.8) is 0 Å². The summed E-state index contributed by atoms with van der Waals surface area (Å²) in [5.74, 6) is -0.573. The van der Waals surface area contributed by atoms with E-state index in [0.717, 1.165) is 0 Å². The third-order valence-corrected chi connectivity index (χ3v) is 2.46. The fourth-order valence-electron chi connectivity index (χ4n) is 1.58. The van der Waals surface area contributed by atoms with Crippen molar-refractivity contribution in [1.82, 2.24) is 4.98 Å². The zero-order valence-electron chi connectivity index (χ0n) is 10.1. The van der Waals surface area contributed by atoms with Crippen molar-refractivity contribution in [1.29, 1.82) is 0 Å². The lowest BCUT2D eigenvalue weighted by molar-refractivity contribution is 0.0520. The minimum atomic E-state index is -0.553. The van der Waals surface area contributed by atoms with Crippen LogP contribution < -0.4 is 0 Å². The van der Waals surface area contributed by atoms with Crippen LogP contribution in [0.5, 0.6) is 0 Å².